The van der Waals surface area contributed by atoms with Crippen LogP contribution < -0.4 is 5.32 Å². The Morgan fingerprint density at radius 1 is 1.33 bits per heavy atom. The lowest BCUT2D eigenvalue weighted by Crippen LogP contribution is -2.34. The molecule has 0 radical (unpaired) electrons. The van der Waals surface area contributed by atoms with E-state index in [0.717, 1.165) is 25.3 Å². The second-order valence-corrected chi connectivity index (χ2v) is 6.26. The van der Waals surface area contributed by atoms with Crippen LogP contribution in [0.5, 0.6) is 0 Å². The van der Waals surface area contributed by atoms with Gasteiger partial charge in [0.15, 0.2) is 0 Å². The first-order valence-corrected chi connectivity index (χ1v) is 6.76. The van der Waals surface area contributed by atoms with E-state index < -0.39 is 0 Å². The fourth-order valence-corrected chi connectivity index (χ4v) is 1.45. The van der Waals surface area contributed by atoms with Crippen molar-refractivity contribution in [1.29, 1.82) is 0 Å². The van der Waals surface area contributed by atoms with Crippen LogP contribution in [0.1, 0.15) is 52.4 Å². The second-order valence-electron chi connectivity index (χ2n) is 6.26. The van der Waals surface area contributed by atoms with Crippen molar-refractivity contribution in [1.82, 2.24) is 5.32 Å². The van der Waals surface area contributed by atoms with Crippen LogP contribution >= 0.6 is 0 Å². The average molecular weight is 253 g/mol. The molecule has 0 bridgehead atoms. The average Bonchev–Trinajstić information content (AvgIpc) is 2.68. The minimum atomic E-state index is 0.130. The third-order valence-electron chi connectivity index (χ3n) is 2.61. The van der Waals surface area contributed by atoms with E-state index in [1.807, 2.05) is 0 Å². The molecule has 0 atom stereocenters. The summed E-state index contributed by atoms with van der Waals surface area (Å²) in [6.07, 6.45) is 2.90. The summed E-state index contributed by atoms with van der Waals surface area (Å²) in [4.78, 5) is 0. The molecule has 1 aromatic heterocycles. The van der Waals surface area contributed by atoms with Gasteiger partial charge in [0, 0.05) is 24.3 Å². The molecule has 3 nitrogen and oxygen atoms in total. The molecule has 1 rings (SSSR count). The van der Waals surface area contributed by atoms with Crippen LogP contribution in [0.25, 0.3) is 0 Å². The molecule has 0 aliphatic carbocycles. The summed E-state index contributed by atoms with van der Waals surface area (Å²) < 4.78 is 11.0. The van der Waals surface area contributed by atoms with Gasteiger partial charge in [0.25, 0.3) is 0 Å². The summed E-state index contributed by atoms with van der Waals surface area (Å²) in [5.74, 6) is 1.60. The number of nitrogens with one attached hydrogen (secondary N) is 1. The van der Waals surface area contributed by atoms with Gasteiger partial charge in [0.1, 0.15) is 12.4 Å². The maximum absolute atomic E-state index is 5.58. The molecule has 1 aromatic rings. The van der Waals surface area contributed by atoms with E-state index in [2.05, 4.69) is 46.0 Å². The lowest BCUT2D eigenvalue weighted by Gasteiger charge is -2.19. The minimum Gasteiger partial charge on any atom is -0.467 e. The molecule has 0 saturated heterocycles. The zero-order valence-corrected chi connectivity index (χ0v) is 12.4. The molecule has 0 aromatic carbocycles. The van der Waals surface area contributed by atoms with Crippen molar-refractivity contribution in [2.24, 2.45) is 5.92 Å². The molecule has 18 heavy (non-hydrogen) atoms. The fraction of sp³-hybridized carbons (Fsp3) is 0.733. The van der Waals surface area contributed by atoms with Crippen molar-refractivity contribution in [3.63, 3.8) is 0 Å². The molecule has 0 unspecified atom stereocenters. The van der Waals surface area contributed by atoms with Gasteiger partial charge in [0.05, 0.1) is 6.26 Å². The predicted octanol–water partition coefficient (Wildman–Crippen LogP) is 3.73. The quantitative estimate of drug-likeness (QED) is 0.752. The Kier molecular flexibility index (Phi) is 5.89. The number of furan rings is 1. The molecule has 0 fully saturated rings. The maximum atomic E-state index is 5.58. The Hall–Kier alpha value is -0.800. The van der Waals surface area contributed by atoms with Gasteiger partial charge >= 0.3 is 0 Å². The summed E-state index contributed by atoms with van der Waals surface area (Å²) in [7, 11) is 0. The molecular weight excluding hydrogens is 226 g/mol. The van der Waals surface area contributed by atoms with E-state index in [-0.39, 0.29) is 5.54 Å². The summed E-state index contributed by atoms with van der Waals surface area (Å²) in [5.41, 5.74) is 1.30. The van der Waals surface area contributed by atoms with Crippen molar-refractivity contribution in [3.8, 4) is 0 Å². The van der Waals surface area contributed by atoms with Crippen molar-refractivity contribution < 1.29 is 9.15 Å². The van der Waals surface area contributed by atoms with Gasteiger partial charge in [-0.15, -0.1) is 0 Å². The zero-order chi connectivity index (χ0) is 13.6. The highest BCUT2D eigenvalue weighted by Gasteiger charge is 2.09. The van der Waals surface area contributed by atoms with E-state index in [0.29, 0.717) is 12.5 Å². The molecule has 1 heterocycles. The largest absolute Gasteiger partial charge is 0.467 e. The van der Waals surface area contributed by atoms with Gasteiger partial charge in [-0.25, -0.2) is 0 Å². The van der Waals surface area contributed by atoms with Crippen molar-refractivity contribution in [2.75, 3.05) is 6.61 Å². The van der Waals surface area contributed by atoms with Crippen LogP contribution in [0.15, 0.2) is 16.7 Å². The topological polar surface area (TPSA) is 34.4 Å². The lowest BCUT2D eigenvalue weighted by atomic mass is 10.1. The third kappa shape index (κ3) is 6.82. The van der Waals surface area contributed by atoms with E-state index in [1.54, 1.807) is 6.26 Å². The lowest BCUT2D eigenvalue weighted by molar-refractivity contribution is 0.0970. The number of ether oxygens (including phenoxy) is 1. The van der Waals surface area contributed by atoms with Crippen molar-refractivity contribution in [2.45, 2.75) is 59.7 Å². The Morgan fingerprint density at radius 2 is 2.06 bits per heavy atom. The smallest absolute Gasteiger partial charge is 0.129 e. The fourth-order valence-electron chi connectivity index (χ4n) is 1.45. The summed E-state index contributed by atoms with van der Waals surface area (Å²) >= 11 is 0. The first-order chi connectivity index (χ1) is 8.37. The molecule has 3 heteroatoms. The Bertz CT molecular complexity index is 337. The Morgan fingerprint density at radius 3 is 2.67 bits per heavy atom. The standard InChI is InChI=1S/C15H27NO2/c1-12(2)6-7-17-11-14-8-13(10-18-14)9-16-15(3,4)5/h8,10,12,16H,6-7,9,11H2,1-5H3. The van der Waals surface area contributed by atoms with Gasteiger partial charge in [0.2, 0.25) is 0 Å². The number of rotatable bonds is 7. The van der Waals surface area contributed by atoms with Crippen LogP contribution in [0.2, 0.25) is 0 Å². The molecule has 1 N–H and O–H groups in total. The highest BCUT2D eigenvalue weighted by Crippen LogP contribution is 2.11. The SMILES string of the molecule is CC(C)CCOCc1cc(CNC(C)(C)C)co1. The summed E-state index contributed by atoms with van der Waals surface area (Å²) in [5, 5.41) is 3.43. The van der Waals surface area contributed by atoms with E-state index in [4.69, 9.17) is 9.15 Å². The third-order valence-corrected chi connectivity index (χ3v) is 2.61. The highest BCUT2D eigenvalue weighted by molar-refractivity contribution is 5.12. The van der Waals surface area contributed by atoms with Crippen LogP contribution in [-0.4, -0.2) is 12.1 Å². The molecule has 0 saturated carbocycles. The first kappa shape index (κ1) is 15.3. The second kappa shape index (κ2) is 6.95. The summed E-state index contributed by atoms with van der Waals surface area (Å²) in [6.45, 7) is 13.1. The maximum Gasteiger partial charge on any atom is 0.129 e. The normalized spacial score (nSPS) is 12.3. The molecule has 0 spiro atoms. The molecule has 0 aliphatic heterocycles. The van der Waals surface area contributed by atoms with E-state index >= 15 is 0 Å². The van der Waals surface area contributed by atoms with Gasteiger partial charge in [-0.3, -0.25) is 0 Å². The molecular formula is C15H27NO2. The summed E-state index contributed by atoms with van der Waals surface area (Å²) in [6, 6.07) is 2.06. The predicted molar refractivity (Wildman–Crippen MR) is 74.4 cm³/mol. The number of hydrogen-bond donors (Lipinski definition) is 1. The Labute approximate surface area is 111 Å². The number of hydrogen-bond acceptors (Lipinski definition) is 3. The zero-order valence-electron chi connectivity index (χ0n) is 12.4. The monoisotopic (exact) mass is 253 g/mol. The van der Waals surface area contributed by atoms with Crippen LogP contribution in [-0.2, 0) is 17.9 Å². The molecule has 0 amide bonds. The van der Waals surface area contributed by atoms with Crippen molar-refractivity contribution >= 4 is 0 Å². The first-order valence-electron chi connectivity index (χ1n) is 6.76. The van der Waals surface area contributed by atoms with Gasteiger partial charge in [-0.05, 0) is 39.2 Å². The van der Waals surface area contributed by atoms with Crippen LogP contribution in [0.4, 0.5) is 0 Å². The van der Waals surface area contributed by atoms with E-state index in [9.17, 15) is 0 Å². The van der Waals surface area contributed by atoms with Crippen LogP contribution in [0.3, 0.4) is 0 Å². The van der Waals surface area contributed by atoms with Crippen molar-refractivity contribution in [3.05, 3.63) is 23.7 Å². The molecule has 104 valence electrons. The van der Waals surface area contributed by atoms with Crippen LogP contribution in [0, 0.1) is 5.92 Å². The van der Waals surface area contributed by atoms with E-state index in [1.165, 1.54) is 5.56 Å². The highest BCUT2D eigenvalue weighted by atomic mass is 16.5. The minimum absolute atomic E-state index is 0.130. The molecule has 0 aliphatic rings. The Balaban J connectivity index is 2.26. The van der Waals surface area contributed by atoms with Gasteiger partial charge < -0.3 is 14.5 Å². The van der Waals surface area contributed by atoms with Gasteiger partial charge in [-0.1, -0.05) is 13.8 Å². The van der Waals surface area contributed by atoms with Gasteiger partial charge in [-0.2, -0.15) is 0 Å².